The zero-order valence-corrected chi connectivity index (χ0v) is 35.6. The molecule has 12 aromatic rings. The van der Waals surface area contributed by atoms with Crippen LogP contribution in [-0.4, -0.2) is 0 Å². The number of fused-ring (bicyclic) bond motifs is 9. The molecular weight excluding hydrogens is 795 g/mol. The van der Waals surface area contributed by atoms with Crippen molar-refractivity contribution in [1.29, 1.82) is 0 Å². The van der Waals surface area contributed by atoms with Gasteiger partial charge in [0.1, 0.15) is 11.2 Å². The van der Waals surface area contributed by atoms with Gasteiger partial charge in [0.05, 0.1) is 5.41 Å². The van der Waals surface area contributed by atoms with E-state index < -0.39 is 5.41 Å². The third-order valence-corrected chi connectivity index (χ3v) is 14.6. The van der Waals surface area contributed by atoms with Gasteiger partial charge >= 0.3 is 0 Å². The average molecular weight is 834 g/mol. The summed E-state index contributed by atoms with van der Waals surface area (Å²) in [4.78, 5) is 2.44. The lowest BCUT2D eigenvalue weighted by molar-refractivity contribution is 0.670. The molecule has 2 nitrogen and oxygen atoms in total. The summed E-state index contributed by atoms with van der Waals surface area (Å²) in [5.41, 5.74) is 16.7. The number of furan rings is 1. The fraction of sp³-hybridized carbons (Fsp3) is 0.0164. The largest absolute Gasteiger partial charge is 0.455 e. The molecule has 13 rings (SSSR count). The highest BCUT2D eigenvalue weighted by Crippen LogP contribution is 2.57. The Labute approximate surface area is 375 Å². The van der Waals surface area contributed by atoms with E-state index in [0.717, 1.165) is 50.1 Å². The molecule has 0 bridgehead atoms. The molecule has 2 aromatic heterocycles. The lowest BCUT2D eigenvalue weighted by Gasteiger charge is -2.34. The number of anilines is 3. The second-order valence-corrected chi connectivity index (χ2v) is 17.8. The standard InChI is InChI=1S/C61H39NOS/c1-3-19-42(20-4-1)61(43-21-5-2-6-22-43)55-32-10-7-25-49(55)54-39-46(35-36-56(54)61)62(44-23-13-17-40(37-44)47-28-15-30-52-50-26-8-11-33-57(50)63-59(47)52)45-24-14-18-41(38-45)48-29-16-31-53-51-27-9-12-34-58(51)64-60(48)53/h1-39H. The summed E-state index contributed by atoms with van der Waals surface area (Å²) in [6, 6.07) is 86.5. The molecule has 3 heteroatoms. The molecule has 0 saturated carbocycles. The fourth-order valence-corrected chi connectivity index (χ4v) is 11.8. The molecule has 0 fully saturated rings. The highest BCUT2D eigenvalue weighted by Gasteiger charge is 2.46. The molecule has 0 amide bonds. The summed E-state index contributed by atoms with van der Waals surface area (Å²) in [6.07, 6.45) is 0. The maximum Gasteiger partial charge on any atom is 0.143 e. The first-order valence-corrected chi connectivity index (χ1v) is 22.7. The third kappa shape index (κ3) is 5.51. The number of hydrogen-bond acceptors (Lipinski definition) is 3. The van der Waals surface area contributed by atoms with E-state index in [9.17, 15) is 0 Å². The normalized spacial score (nSPS) is 12.8. The van der Waals surface area contributed by atoms with Gasteiger partial charge in [0, 0.05) is 53.6 Å². The SMILES string of the molecule is c1ccc(C2(c3ccccc3)c3ccccc3-c3cc(N(c4cccc(-c5cccc6c5oc5ccccc56)c4)c4cccc(-c5cccc6c5sc5ccccc56)c4)ccc32)cc1. The van der Waals surface area contributed by atoms with Crippen LogP contribution in [0, 0.1) is 0 Å². The van der Waals surface area contributed by atoms with Crippen molar-refractivity contribution in [1.82, 2.24) is 0 Å². The molecule has 0 N–H and O–H groups in total. The smallest absolute Gasteiger partial charge is 0.143 e. The van der Waals surface area contributed by atoms with Gasteiger partial charge in [0.2, 0.25) is 0 Å². The Morgan fingerprint density at radius 3 is 1.67 bits per heavy atom. The van der Waals surface area contributed by atoms with Gasteiger partial charge in [-0.15, -0.1) is 11.3 Å². The molecule has 10 aromatic carbocycles. The van der Waals surface area contributed by atoms with Gasteiger partial charge in [-0.1, -0.05) is 188 Å². The van der Waals surface area contributed by atoms with Crippen LogP contribution in [0.2, 0.25) is 0 Å². The second-order valence-electron chi connectivity index (χ2n) is 16.8. The molecule has 0 aliphatic heterocycles. The van der Waals surface area contributed by atoms with Gasteiger partial charge in [-0.25, -0.2) is 0 Å². The molecule has 64 heavy (non-hydrogen) atoms. The van der Waals surface area contributed by atoms with Gasteiger partial charge in [-0.05, 0) is 98.6 Å². The number of para-hydroxylation sites is 2. The number of thiophene rings is 1. The van der Waals surface area contributed by atoms with Crippen LogP contribution in [0.25, 0.3) is 75.5 Å². The van der Waals surface area contributed by atoms with Gasteiger partial charge in [-0.3, -0.25) is 0 Å². The number of benzene rings is 10. The van der Waals surface area contributed by atoms with Crippen molar-refractivity contribution in [3.8, 4) is 33.4 Å². The molecule has 0 radical (unpaired) electrons. The first-order valence-electron chi connectivity index (χ1n) is 21.9. The van der Waals surface area contributed by atoms with E-state index in [1.807, 2.05) is 17.4 Å². The molecule has 0 spiro atoms. The first-order chi connectivity index (χ1) is 31.7. The van der Waals surface area contributed by atoms with Crippen molar-refractivity contribution < 1.29 is 4.42 Å². The molecule has 2 heterocycles. The number of rotatable bonds is 7. The van der Waals surface area contributed by atoms with E-state index in [1.165, 1.54) is 64.7 Å². The molecule has 1 aliphatic carbocycles. The monoisotopic (exact) mass is 833 g/mol. The van der Waals surface area contributed by atoms with Crippen LogP contribution in [0.4, 0.5) is 17.1 Å². The third-order valence-electron chi connectivity index (χ3n) is 13.3. The van der Waals surface area contributed by atoms with Crippen molar-refractivity contribution in [2.45, 2.75) is 5.41 Å². The Bertz CT molecular complexity index is 3550. The van der Waals surface area contributed by atoms with Gasteiger partial charge in [0.15, 0.2) is 0 Å². The van der Waals surface area contributed by atoms with Crippen LogP contribution in [-0.2, 0) is 5.41 Å². The minimum atomic E-state index is -0.480. The Hall–Kier alpha value is -7.98. The van der Waals surface area contributed by atoms with Crippen LogP contribution in [0.1, 0.15) is 22.3 Å². The topological polar surface area (TPSA) is 16.4 Å². The van der Waals surface area contributed by atoms with Crippen LogP contribution < -0.4 is 4.90 Å². The summed E-state index contributed by atoms with van der Waals surface area (Å²) in [7, 11) is 0. The molecule has 1 aliphatic rings. The maximum absolute atomic E-state index is 6.59. The zero-order chi connectivity index (χ0) is 42.2. The zero-order valence-electron chi connectivity index (χ0n) is 34.8. The molecule has 300 valence electrons. The predicted octanol–water partition coefficient (Wildman–Crippen LogP) is 17.1. The Balaban J connectivity index is 1.04. The summed E-state index contributed by atoms with van der Waals surface area (Å²) in [5, 5.41) is 4.85. The Kier molecular flexibility index (Phi) is 8.34. The maximum atomic E-state index is 6.59. The van der Waals surface area contributed by atoms with Crippen LogP contribution >= 0.6 is 11.3 Å². The van der Waals surface area contributed by atoms with E-state index in [0.29, 0.717) is 0 Å². The minimum Gasteiger partial charge on any atom is -0.455 e. The van der Waals surface area contributed by atoms with Crippen LogP contribution in [0.3, 0.4) is 0 Å². The summed E-state index contributed by atoms with van der Waals surface area (Å²) < 4.78 is 9.20. The van der Waals surface area contributed by atoms with Crippen LogP contribution in [0.5, 0.6) is 0 Å². The second kappa shape index (κ2) is 14.6. The van der Waals surface area contributed by atoms with E-state index >= 15 is 0 Å². The number of nitrogens with zero attached hydrogens (tertiary/aromatic N) is 1. The van der Waals surface area contributed by atoms with Gasteiger partial charge in [-0.2, -0.15) is 0 Å². The Morgan fingerprint density at radius 1 is 0.359 bits per heavy atom. The van der Waals surface area contributed by atoms with Gasteiger partial charge < -0.3 is 9.32 Å². The molecule has 0 saturated heterocycles. The van der Waals surface area contributed by atoms with Crippen molar-refractivity contribution in [3.05, 3.63) is 259 Å². The van der Waals surface area contributed by atoms with Crippen molar-refractivity contribution in [2.24, 2.45) is 0 Å². The predicted molar refractivity (Wildman–Crippen MR) is 269 cm³/mol. The van der Waals surface area contributed by atoms with Crippen molar-refractivity contribution in [3.63, 3.8) is 0 Å². The van der Waals surface area contributed by atoms with E-state index in [4.69, 9.17) is 4.42 Å². The quantitative estimate of drug-likeness (QED) is 0.159. The molecule has 0 unspecified atom stereocenters. The lowest BCUT2D eigenvalue weighted by atomic mass is 9.68. The van der Waals surface area contributed by atoms with E-state index in [-0.39, 0.29) is 0 Å². The van der Waals surface area contributed by atoms with E-state index in [2.05, 4.69) is 235 Å². The van der Waals surface area contributed by atoms with Crippen LogP contribution in [0.15, 0.2) is 241 Å². The minimum absolute atomic E-state index is 0.480. The summed E-state index contributed by atoms with van der Waals surface area (Å²) in [5.74, 6) is 0. The summed E-state index contributed by atoms with van der Waals surface area (Å²) in [6.45, 7) is 0. The fourth-order valence-electron chi connectivity index (χ4n) is 10.6. The highest BCUT2D eigenvalue weighted by molar-refractivity contribution is 7.26. The van der Waals surface area contributed by atoms with Gasteiger partial charge in [0.25, 0.3) is 0 Å². The molecular formula is C61H39NOS. The Morgan fingerprint density at radius 2 is 0.906 bits per heavy atom. The van der Waals surface area contributed by atoms with Crippen molar-refractivity contribution >= 4 is 70.5 Å². The molecule has 0 atom stereocenters. The average Bonchev–Trinajstić information content (AvgIpc) is 4.03. The van der Waals surface area contributed by atoms with E-state index in [1.54, 1.807) is 0 Å². The number of hydrogen-bond donors (Lipinski definition) is 0. The van der Waals surface area contributed by atoms with Crippen molar-refractivity contribution in [2.75, 3.05) is 4.90 Å². The summed E-state index contributed by atoms with van der Waals surface area (Å²) >= 11 is 1.87. The first kappa shape index (κ1) is 36.7. The lowest BCUT2D eigenvalue weighted by Crippen LogP contribution is -2.28. The highest BCUT2D eigenvalue weighted by atomic mass is 32.1.